The van der Waals surface area contributed by atoms with Crippen LogP contribution in [0.25, 0.3) is 0 Å². The lowest BCUT2D eigenvalue weighted by atomic mass is 9.51. The summed E-state index contributed by atoms with van der Waals surface area (Å²) in [5, 5.41) is 0. The molecule has 0 N–H and O–H groups in total. The van der Waals surface area contributed by atoms with E-state index in [-0.39, 0.29) is 23.3 Å². The highest BCUT2D eigenvalue weighted by molar-refractivity contribution is 5.78. The van der Waals surface area contributed by atoms with Crippen molar-refractivity contribution < 1.29 is 19.1 Å². The number of carbonyl (C=O) groups is 2. The van der Waals surface area contributed by atoms with Gasteiger partial charge in [-0.05, 0) is 102 Å². The highest BCUT2D eigenvalue weighted by Crippen LogP contribution is 2.64. The lowest BCUT2D eigenvalue weighted by molar-refractivity contribution is -0.132. The molecule has 0 aromatic heterocycles. The lowest BCUT2D eigenvalue weighted by Gasteiger charge is -2.60. The number of unbranched alkanes of at least 4 members (excludes halogenated alkanes) is 3. The summed E-state index contributed by atoms with van der Waals surface area (Å²) in [6.07, 6.45) is 10.3. The first kappa shape index (κ1) is 29.4. The fraction of sp³-hybridized carbons (Fsp3) is 0.611. The van der Waals surface area contributed by atoms with Crippen LogP contribution in [0.2, 0.25) is 0 Å². The van der Waals surface area contributed by atoms with Crippen LogP contribution in [0.3, 0.4) is 0 Å². The average molecular weight is 573 g/mol. The number of carbonyl (C=O) groups excluding carboxylic acids is 2. The van der Waals surface area contributed by atoms with Crippen molar-refractivity contribution in [2.24, 2.45) is 5.92 Å². The molecule has 4 aliphatic rings. The van der Waals surface area contributed by atoms with Gasteiger partial charge in [-0.3, -0.25) is 19.4 Å². The topological polar surface area (TPSA) is 59.1 Å². The number of aryl methyl sites for hydroxylation is 1. The summed E-state index contributed by atoms with van der Waals surface area (Å²) in [5.74, 6) is 1.76. The second kappa shape index (κ2) is 12.1. The molecule has 0 radical (unpaired) electrons. The molecule has 226 valence electrons. The van der Waals surface area contributed by atoms with E-state index in [0.717, 1.165) is 50.9 Å². The van der Waals surface area contributed by atoms with Crippen molar-refractivity contribution >= 4 is 11.8 Å². The Balaban J connectivity index is 1.23. The minimum atomic E-state index is -0.309. The van der Waals surface area contributed by atoms with Gasteiger partial charge in [0.1, 0.15) is 11.9 Å². The molecule has 5 atom stereocenters. The largest absolute Gasteiger partial charge is 0.484 e. The molecule has 42 heavy (non-hydrogen) atoms. The molecule has 0 amide bonds. The van der Waals surface area contributed by atoms with Crippen LogP contribution in [0, 0.1) is 5.92 Å². The Morgan fingerprint density at radius 2 is 1.83 bits per heavy atom. The summed E-state index contributed by atoms with van der Waals surface area (Å²) in [4.78, 5) is 29.5. The zero-order valence-electron chi connectivity index (χ0n) is 25.9. The van der Waals surface area contributed by atoms with Crippen molar-refractivity contribution in [1.82, 2.24) is 9.80 Å². The molecular weight excluding hydrogens is 524 g/mol. The van der Waals surface area contributed by atoms with Crippen molar-refractivity contribution in [1.29, 1.82) is 0 Å². The number of esters is 1. The molecule has 2 heterocycles. The Kier molecular flexibility index (Phi) is 8.48. The van der Waals surface area contributed by atoms with Crippen molar-refractivity contribution in [2.75, 3.05) is 19.6 Å². The standard InChI is InChI=1S/C36H48N2O4/c1-24(2)38(20-11-6-5-8-12-27-13-9-7-10-14-27)30-17-16-29-31-22-28-15-18-32(41-26(4)40)34-33(28)36(29,35(30)42-34)19-21-37(31)23-25(3)39/h7,9-10,13-15,18,24,29-31,35H,5-6,8,11-12,16-17,19-23H2,1-4H3/t29-,30-,31+,35-,36-/m0/s1. The number of hydrogen-bond acceptors (Lipinski definition) is 6. The first-order chi connectivity index (χ1) is 20.3. The van der Waals surface area contributed by atoms with Gasteiger partial charge >= 0.3 is 5.97 Å². The Morgan fingerprint density at radius 3 is 2.57 bits per heavy atom. The summed E-state index contributed by atoms with van der Waals surface area (Å²) in [6, 6.07) is 16.0. The average Bonchev–Trinajstić information content (AvgIpc) is 3.30. The fourth-order valence-electron chi connectivity index (χ4n) is 9.07. The summed E-state index contributed by atoms with van der Waals surface area (Å²) in [7, 11) is 0. The molecule has 2 bridgehead atoms. The van der Waals surface area contributed by atoms with Gasteiger partial charge < -0.3 is 9.47 Å². The summed E-state index contributed by atoms with van der Waals surface area (Å²) < 4.78 is 12.8. The maximum Gasteiger partial charge on any atom is 0.308 e. The van der Waals surface area contributed by atoms with Crippen molar-refractivity contribution in [3.05, 3.63) is 59.2 Å². The first-order valence-corrected chi connectivity index (χ1v) is 16.3. The SMILES string of the molecule is CC(=O)CN1CC[C@]23c4c5ccc(OC(C)=O)c4O[C@H]2[C@@H](N(CCCCCCc2ccccc2)C(C)C)CC[C@H]3[C@H]1C5. The van der Waals surface area contributed by atoms with Gasteiger partial charge in [0.05, 0.1) is 6.54 Å². The second-order valence-electron chi connectivity index (χ2n) is 13.5. The maximum absolute atomic E-state index is 12.2. The van der Waals surface area contributed by atoms with Crippen LogP contribution in [0.15, 0.2) is 42.5 Å². The predicted octanol–water partition coefficient (Wildman–Crippen LogP) is 6.12. The molecule has 2 aliphatic carbocycles. The third kappa shape index (κ3) is 5.30. The maximum atomic E-state index is 12.2. The molecule has 2 aromatic rings. The molecule has 2 aromatic carbocycles. The molecule has 6 heteroatoms. The van der Waals surface area contributed by atoms with E-state index in [1.54, 1.807) is 6.92 Å². The number of nitrogens with zero attached hydrogens (tertiary/aromatic N) is 2. The minimum absolute atomic E-state index is 0.0319. The monoisotopic (exact) mass is 572 g/mol. The number of ether oxygens (including phenoxy) is 2. The van der Waals surface area contributed by atoms with Gasteiger partial charge in [-0.2, -0.15) is 0 Å². The van der Waals surface area contributed by atoms with Crippen LogP contribution < -0.4 is 9.47 Å². The summed E-state index contributed by atoms with van der Waals surface area (Å²) >= 11 is 0. The lowest BCUT2D eigenvalue weighted by Crippen LogP contribution is -2.69. The third-order valence-electron chi connectivity index (χ3n) is 10.6. The Bertz CT molecular complexity index is 1290. The van der Waals surface area contributed by atoms with Gasteiger partial charge in [0, 0.05) is 36.0 Å². The van der Waals surface area contributed by atoms with E-state index in [4.69, 9.17) is 9.47 Å². The molecule has 2 fully saturated rings. The smallest absolute Gasteiger partial charge is 0.308 e. The van der Waals surface area contributed by atoms with E-state index in [1.165, 1.54) is 49.3 Å². The van der Waals surface area contributed by atoms with E-state index in [1.807, 2.05) is 6.07 Å². The number of Topliss-reactive ketones (excluding diaryl/α,β-unsaturated/α-hetero) is 1. The quantitative estimate of drug-likeness (QED) is 0.173. The van der Waals surface area contributed by atoms with Crippen molar-refractivity contribution in [3.8, 4) is 11.5 Å². The van der Waals surface area contributed by atoms with Gasteiger partial charge in [-0.1, -0.05) is 49.2 Å². The van der Waals surface area contributed by atoms with Crippen molar-refractivity contribution in [3.63, 3.8) is 0 Å². The van der Waals surface area contributed by atoms with E-state index in [2.05, 4.69) is 60.0 Å². The Hall–Kier alpha value is -2.70. The van der Waals surface area contributed by atoms with Crippen molar-refractivity contribution in [2.45, 2.75) is 115 Å². The molecule has 6 rings (SSSR count). The number of likely N-dealkylation sites (tertiary alicyclic amines) is 1. The number of benzene rings is 2. The second-order valence-corrected chi connectivity index (χ2v) is 13.5. The van der Waals surface area contributed by atoms with Crippen LogP contribution >= 0.6 is 0 Å². The fourth-order valence-corrected chi connectivity index (χ4v) is 9.07. The Morgan fingerprint density at radius 1 is 1.05 bits per heavy atom. The molecule has 1 saturated heterocycles. The molecule has 6 nitrogen and oxygen atoms in total. The van der Waals surface area contributed by atoms with Gasteiger partial charge in [-0.25, -0.2) is 0 Å². The number of hydrogen-bond donors (Lipinski definition) is 0. The zero-order chi connectivity index (χ0) is 29.4. The van der Waals surface area contributed by atoms with Crippen LogP contribution in [-0.4, -0.2) is 65.4 Å². The summed E-state index contributed by atoms with van der Waals surface area (Å²) in [6.45, 7) is 10.4. The van der Waals surface area contributed by atoms with E-state index in [9.17, 15) is 9.59 Å². The van der Waals surface area contributed by atoms with E-state index < -0.39 is 0 Å². The van der Waals surface area contributed by atoms with E-state index >= 15 is 0 Å². The van der Waals surface area contributed by atoms with E-state index in [0.29, 0.717) is 36.3 Å². The molecule has 1 saturated carbocycles. The molecule has 1 spiro atoms. The predicted molar refractivity (Wildman–Crippen MR) is 165 cm³/mol. The van der Waals surface area contributed by atoms with Crippen LogP contribution in [0.4, 0.5) is 0 Å². The van der Waals surface area contributed by atoms with Crippen LogP contribution in [0.5, 0.6) is 11.5 Å². The summed E-state index contributed by atoms with van der Waals surface area (Å²) in [5.41, 5.74) is 3.96. The number of rotatable bonds is 12. The number of ketones is 1. The molecular formula is C36H48N2O4. The van der Waals surface area contributed by atoms with Gasteiger partial charge in [0.25, 0.3) is 0 Å². The molecule has 0 unspecified atom stereocenters. The third-order valence-corrected chi connectivity index (χ3v) is 10.6. The highest BCUT2D eigenvalue weighted by atomic mass is 16.6. The van der Waals surface area contributed by atoms with Gasteiger partial charge in [0.15, 0.2) is 11.5 Å². The zero-order valence-corrected chi connectivity index (χ0v) is 25.9. The Labute approximate surface area is 251 Å². The van der Waals surface area contributed by atoms with Crippen LogP contribution in [0.1, 0.15) is 89.3 Å². The number of piperidine rings is 1. The normalized spacial score (nSPS) is 27.6. The van der Waals surface area contributed by atoms with Crippen LogP contribution in [-0.2, 0) is 27.8 Å². The van der Waals surface area contributed by atoms with Gasteiger partial charge in [-0.15, -0.1) is 0 Å². The minimum Gasteiger partial charge on any atom is -0.484 e. The molecule has 2 aliphatic heterocycles. The highest BCUT2D eigenvalue weighted by Gasteiger charge is 2.66. The van der Waals surface area contributed by atoms with Gasteiger partial charge in [0.2, 0.25) is 0 Å². The first-order valence-electron chi connectivity index (χ1n) is 16.3.